The molecule has 0 saturated carbocycles. The van der Waals surface area contributed by atoms with Gasteiger partial charge in [0.2, 0.25) is 0 Å². The van der Waals surface area contributed by atoms with Crippen molar-refractivity contribution >= 4 is 5.97 Å². The number of carboxylic acids is 1. The van der Waals surface area contributed by atoms with Crippen LogP contribution in [0.3, 0.4) is 0 Å². The molecule has 2 N–H and O–H groups in total. The summed E-state index contributed by atoms with van der Waals surface area (Å²) < 4.78 is 24.0. The third-order valence-electron chi connectivity index (χ3n) is 1.21. The molecule has 1 heterocycles. The Morgan fingerprint density at radius 1 is 1.78 bits per heavy atom. The molecule has 1 rings (SSSR count). The molecule has 52 valence electrons. The van der Waals surface area contributed by atoms with E-state index in [1.807, 2.05) is 0 Å². The Balaban J connectivity index is 2.55. The molecule has 0 aromatic carbocycles. The highest BCUT2D eigenvalue weighted by molar-refractivity contribution is 5.76. The minimum atomic E-state index is -3.05. The average Bonchev–Trinajstić information content (AvgIpc) is 1.62. The summed E-state index contributed by atoms with van der Waals surface area (Å²) in [6.07, 6.45) is 0. The van der Waals surface area contributed by atoms with Crippen LogP contribution in [0.15, 0.2) is 0 Å². The van der Waals surface area contributed by atoms with Gasteiger partial charge in [-0.25, -0.2) is 8.78 Å². The molecule has 1 aliphatic heterocycles. The van der Waals surface area contributed by atoms with E-state index >= 15 is 0 Å². The lowest BCUT2D eigenvalue weighted by atomic mass is 10.0. The van der Waals surface area contributed by atoms with Gasteiger partial charge in [0.05, 0.1) is 6.54 Å². The van der Waals surface area contributed by atoms with Crippen LogP contribution < -0.4 is 5.32 Å². The van der Waals surface area contributed by atoms with Crippen LogP contribution in [0.4, 0.5) is 8.78 Å². The zero-order valence-electron chi connectivity index (χ0n) is 4.40. The molecule has 9 heavy (non-hydrogen) atoms. The standard InChI is InChI=1S/C4H5F2NO2/c5-4(6)1-7-2(4)3(8)9/h2,7H,1H2,(H,8,9). The molecule has 0 aromatic heterocycles. The minimum absolute atomic E-state index is 0.524. The molecular formula is C4H5F2NO2. The number of nitrogens with one attached hydrogen (secondary N) is 1. The largest absolute Gasteiger partial charge is 0.480 e. The first kappa shape index (κ1) is 6.41. The van der Waals surface area contributed by atoms with Crippen molar-refractivity contribution in [3.63, 3.8) is 0 Å². The van der Waals surface area contributed by atoms with E-state index in [0.29, 0.717) is 0 Å². The summed E-state index contributed by atoms with van der Waals surface area (Å²) in [4.78, 5) is 9.85. The van der Waals surface area contributed by atoms with E-state index in [-0.39, 0.29) is 0 Å². The second kappa shape index (κ2) is 1.63. The van der Waals surface area contributed by atoms with E-state index in [0.717, 1.165) is 0 Å². The molecule has 0 aliphatic carbocycles. The number of rotatable bonds is 1. The first-order valence-electron chi connectivity index (χ1n) is 2.38. The van der Waals surface area contributed by atoms with Gasteiger partial charge in [-0.15, -0.1) is 0 Å². The average molecular weight is 137 g/mol. The van der Waals surface area contributed by atoms with Crippen LogP contribution in [0.2, 0.25) is 0 Å². The molecule has 0 bridgehead atoms. The van der Waals surface area contributed by atoms with Gasteiger partial charge in [-0.3, -0.25) is 10.1 Å². The number of carbonyl (C=O) groups is 1. The Morgan fingerprint density at radius 2 is 2.33 bits per heavy atom. The zero-order chi connectivity index (χ0) is 7.07. The highest BCUT2D eigenvalue weighted by atomic mass is 19.3. The van der Waals surface area contributed by atoms with Crippen molar-refractivity contribution in [3.05, 3.63) is 0 Å². The second-order valence-corrected chi connectivity index (χ2v) is 1.91. The van der Waals surface area contributed by atoms with E-state index in [1.54, 1.807) is 0 Å². The number of alkyl halides is 2. The lowest BCUT2D eigenvalue weighted by molar-refractivity contribution is -0.163. The van der Waals surface area contributed by atoms with Crippen molar-refractivity contribution in [1.29, 1.82) is 0 Å². The molecule has 1 aliphatic rings. The number of carboxylic acid groups (broad SMARTS) is 1. The maximum absolute atomic E-state index is 12.0. The topological polar surface area (TPSA) is 49.3 Å². The molecule has 5 heteroatoms. The zero-order valence-corrected chi connectivity index (χ0v) is 4.40. The lowest BCUT2D eigenvalue weighted by Crippen LogP contribution is -2.66. The lowest BCUT2D eigenvalue weighted by Gasteiger charge is -2.33. The van der Waals surface area contributed by atoms with E-state index in [2.05, 4.69) is 5.32 Å². The minimum Gasteiger partial charge on any atom is -0.480 e. The first-order chi connectivity index (χ1) is 4.04. The Kier molecular flexibility index (Phi) is 1.16. The molecule has 1 atom stereocenters. The van der Waals surface area contributed by atoms with Gasteiger partial charge in [0.15, 0.2) is 6.04 Å². The predicted octanol–water partition coefficient (Wildman–Crippen LogP) is -0.322. The summed E-state index contributed by atoms with van der Waals surface area (Å²) in [6, 6.07) is -1.67. The Hall–Kier alpha value is -0.710. The maximum atomic E-state index is 12.0. The summed E-state index contributed by atoms with van der Waals surface area (Å²) in [7, 11) is 0. The van der Waals surface area contributed by atoms with Gasteiger partial charge in [-0.2, -0.15) is 0 Å². The summed E-state index contributed by atoms with van der Waals surface area (Å²) >= 11 is 0. The molecule has 1 saturated heterocycles. The molecule has 3 nitrogen and oxygen atoms in total. The van der Waals surface area contributed by atoms with Gasteiger partial charge < -0.3 is 5.11 Å². The van der Waals surface area contributed by atoms with Crippen molar-refractivity contribution in [2.75, 3.05) is 6.54 Å². The van der Waals surface area contributed by atoms with Crippen LogP contribution in [0.25, 0.3) is 0 Å². The maximum Gasteiger partial charge on any atom is 0.327 e. The second-order valence-electron chi connectivity index (χ2n) is 1.91. The van der Waals surface area contributed by atoms with E-state index in [4.69, 9.17) is 5.11 Å². The van der Waals surface area contributed by atoms with Gasteiger partial charge in [0.1, 0.15) is 0 Å². The number of hydrogen-bond donors (Lipinski definition) is 2. The molecule has 1 fully saturated rings. The van der Waals surface area contributed by atoms with Crippen molar-refractivity contribution in [2.24, 2.45) is 0 Å². The monoisotopic (exact) mass is 137 g/mol. The van der Waals surface area contributed by atoms with Gasteiger partial charge >= 0.3 is 5.97 Å². The smallest absolute Gasteiger partial charge is 0.327 e. The van der Waals surface area contributed by atoms with E-state index in [1.165, 1.54) is 0 Å². The number of hydrogen-bond acceptors (Lipinski definition) is 2. The molecular weight excluding hydrogens is 132 g/mol. The Morgan fingerprint density at radius 3 is 2.33 bits per heavy atom. The van der Waals surface area contributed by atoms with Crippen molar-refractivity contribution < 1.29 is 18.7 Å². The van der Waals surface area contributed by atoms with Crippen LogP contribution in [0, 0.1) is 0 Å². The first-order valence-corrected chi connectivity index (χ1v) is 2.38. The van der Waals surface area contributed by atoms with Gasteiger partial charge in [-0.1, -0.05) is 0 Å². The van der Waals surface area contributed by atoms with Crippen molar-refractivity contribution in [2.45, 2.75) is 12.0 Å². The summed E-state index contributed by atoms with van der Waals surface area (Å²) in [5.41, 5.74) is 0. The molecule has 0 aromatic rings. The fraction of sp³-hybridized carbons (Fsp3) is 0.750. The van der Waals surface area contributed by atoms with Crippen LogP contribution in [-0.2, 0) is 4.79 Å². The third kappa shape index (κ3) is 0.873. The van der Waals surface area contributed by atoms with Gasteiger partial charge in [0.25, 0.3) is 5.92 Å². The predicted molar refractivity (Wildman–Crippen MR) is 24.4 cm³/mol. The van der Waals surface area contributed by atoms with Crippen LogP contribution in [0.5, 0.6) is 0 Å². The molecule has 1 unspecified atom stereocenters. The summed E-state index contributed by atoms with van der Waals surface area (Å²) in [6.45, 7) is -0.524. The van der Waals surface area contributed by atoms with E-state index < -0.39 is 24.5 Å². The normalized spacial score (nSPS) is 31.1. The molecule has 0 radical (unpaired) electrons. The van der Waals surface area contributed by atoms with Crippen LogP contribution in [-0.4, -0.2) is 29.6 Å². The highest BCUT2D eigenvalue weighted by Crippen LogP contribution is 2.25. The quantitative estimate of drug-likeness (QED) is 0.520. The Labute approximate surface area is 49.7 Å². The van der Waals surface area contributed by atoms with Gasteiger partial charge in [0, 0.05) is 0 Å². The fourth-order valence-corrected chi connectivity index (χ4v) is 0.626. The van der Waals surface area contributed by atoms with Gasteiger partial charge in [-0.05, 0) is 0 Å². The number of halogens is 2. The van der Waals surface area contributed by atoms with Crippen LogP contribution in [0.1, 0.15) is 0 Å². The Bertz CT molecular complexity index is 148. The van der Waals surface area contributed by atoms with Crippen molar-refractivity contribution in [3.8, 4) is 0 Å². The van der Waals surface area contributed by atoms with Crippen molar-refractivity contribution in [1.82, 2.24) is 5.32 Å². The molecule has 0 spiro atoms. The number of aliphatic carboxylic acids is 1. The third-order valence-corrected chi connectivity index (χ3v) is 1.21. The SMILES string of the molecule is O=C(O)C1NCC1(F)F. The summed E-state index contributed by atoms with van der Waals surface area (Å²) in [5, 5.41) is 10.1. The highest BCUT2D eigenvalue weighted by Gasteiger charge is 2.52. The summed E-state index contributed by atoms with van der Waals surface area (Å²) in [5.74, 6) is -4.54. The van der Waals surface area contributed by atoms with Crippen LogP contribution >= 0.6 is 0 Å². The molecule has 0 amide bonds. The fourth-order valence-electron chi connectivity index (χ4n) is 0.626. The van der Waals surface area contributed by atoms with E-state index in [9.17, 15) is 13.6 Å².